The summed E-state index contributed by atoms with van der Waals surface area (Å²) in [6.07, 6.45) is 14.6. The first kappa shape index (κ1) is 24.2. The zero-order valence-electron chi connectivity index (χ0n) is 22.1. The highest BCUT2D eigenvalue weighted by molar-refractivity contribution is 9.10. The van der Waals surface area contributed by atoms with E-state index in [0.717, 1.165) is 59.4 Å². The molecule has 1 N–H and O–H groups in total. The monoisotopic (exact) mass is 562 g/mol. The van der Waals surface area contributed by atoms with Gasteiger partial charge in [0.25, 0.3) is 0 Å². The topological polar surface area (TPSA) is 49.0 Å². The third-order valence-corrected chi connectivity index (χ3v) is 11.9. The number of hydrogen-bond donors (Lipinski definition) is 1. The molecule has 0 radical (unpaired) electrons. The van der Waals surface area contributed by atoms with Crippen molar-refractivity contribution in [3.63, 3.8) is 0 Å². The van der Waals surface area contributed by atoms with Crippen LogP contribution in [0.25, 0.3) is 0 Å². The molecule has 37 heavy (non-hydrogen) atoms. The normalized spacial score (nSPS) is 41.0. The van der Waals surface area contributed by atoms with E-state index >= 15 is 0 Å². The molecule has 0 amide bonds. The second-order valence-electron chi connectivity index (χ2n) is 13.0. The minimum atomic E-state index is -0.128. The van der Waals surface area contributed by atoms with E-state index in [2.05, 4.69) is 71.2 Å². The highest BCUT2D eigenvalue weighted by Gasteiger charge is 2.60. The molecule has 4 nitrogen and oxygen atoms in total. The summed E-state index contributed by atoms with van der Waals surface area (Å²) in [7, 11) is 0. The lowest BCUT2D eigenvalue weighted by atomic mass is 9.47. The molecule has 2 aromatic rings. The number of fused-ring (bicyclic) bond motifs is 5. The third-order valence-electron chi connectivity index (χ3n) is 11.4. The number of allylic oxidation sites excluding steroid dienone is 1. The van der Waals surface area contributed by atoms with Crippen molar-refractivity contribution in [2.45, 2.75) is 83.8 Å². The van der Waals surface area contributed by atoms with E-state index in [4.69, 9.17) is 9.52 Å². The van der Waals surface area contributed by atoms with Gasteiger partial charge in [0.2, 0.25) is 0 Å². The first-order valence-corrected chi connectivity index (χ1v) is 15.2. The van der Waals surface area contributed by atoms with Crippen molar-refractivity contribution in [1.29, 1.82) is 0 Å². The molecule has 3 fully saturated rings. The van der Waals surface area contributed by atoms with Crippen LogP contribution in [0.4, 0.5) is 5.69 Å². The van der Waals surface area contributed by atoms with Crippen LogP contribution in [0.1, 0.15) is 83.4 Å². The number of anilines is 1. The fourth-order valence-corrected chi connectivity index (χ4v) is 9.73. The van der Waals surface area contributed by atoms with Crippen molar-refractivity contribution in [2.24, 2.45) is 39.6 Å². The van der Waals surface area contributed by atoms with Gasteiger partial charge in [-0.05, 0) is 116 Å². The Morgan fingerprint density at radius 2 is 1.84 bits per heavy atom. The summed E-state index contributed by atoms with van der Waals surface area (Å²) in [6, 6.07) is 12.7. The Hall–Kier alpha value is -1.85. The summed E-state index contributed by atoms with van der Waals surface area (Å²) in [5, 5.41) is 17.9. The molecule has 1 aliphatic heterocycles. The highest BCUT2D eigenvalue weighted by Crippen LogP contribution is 2.67. The molecular formula is C32H39BrN2O2. The predicted octanol–water partition coefficient (Wildman–Crippen LogP) is 8.29. The molecule has 5 heteroatoms. The molecule has 3 saturated carbocycles. The predicted molar refractivity (Wildman–Crippen MR) is 151 cm³/mol. The molecule has 7 rings (SSSR count). The molecule has 196 valence electrons. The van der Waals surface area contributed by atoms with Gasteiger partial charge in [0.05, 0.1) is 18.1 Å². The zero-order valence-corrected chi connectivity index (χ0v) is 23.7. The molecule has 1 aromatic heterocycles. The molecule has 2 heterocycles. The summed E-state index contributed by atoms with van der Waals surface area (Å²) in [5.41, 5.74) is 4.69. The van der Waals surface area contributed by atoms with Crippen molar-refractivity contribution < 1.29 is 9.52 Å². The van der Waals surface area contributed by atoms with Gasteiger partial charge < -0.3 is 9.52 Å². The van der Waals surface area contributed by atoms with Gasteiger partial charge in [0.1, 0.15) is 11.8 Å². The Balaban J connectivity index is 1.19. The van der Waals surface area contributed by atoms with Crippen LogP contribution in [-0.2, 0) is 0 Å². The van der Waals surface area contributed by atoms with Gasteiger partial charge >= 0.3 is 0 Å². The van der Waals surface area contributed by atoms with E-state index in [0.29, 0.717) is 16.7 Å². The lowest BCUT2D eigenvalue weighted by molar-refractivity contribution is -0.0424. The summed E-state index contributed by atoms with van der Waals surface area (Å²) in [5.74, 6) is 3.87. The van der Waals surface area contributed by atoms with Crippen LogP contribution in [0.15, 0.2) is 68.3 Å². The Bertz CT molecular complexity index is 1220. The molecule has 5 aliphatic rings. The average Bonchev–Trinajstić information content (AvgIpc) is 3.63. The Labute approximate surface area is 229 Å². The lowest BCUT2D eigenvalue weighted by Gasteiger charge is -2.58. The Morgan fingerprint density at radius 1 is 1.00 bits per heavy atom. The Morgan fingerprint density at radius 3 is 2.62 bits per heavy atom. The Kier molecular flexibility index (Phi) is 5.78. The molecule has 1 unspecified atom stereocenters. The smallest absolute Gasteiger partial charge is 0.128 e. The van der Waals surface area contributed by atoms with Gasteiger partial charge in [-0.25, -0.2) is 0 Å². The first-order chi connectivity index (χ1) is 17.9. The minimum Gasteiger partial charge on any atom is -0.467 e. The van der Waals surface area contributed by atoms with E-state index in [1.54, 1.807) is 11.8 Å². The number of aliphatic hydroxyl groups is 1. The maximum absolute atomic E-state index is 10.3. The largest absolute Gasteiger partial charge is 0.467 e. The molecular weight excluding hydrogens is 524 g/mol. The minimum absolute atomic E-state index is 0.123. The van der Waals surface area contributed by atoms with Gasteiger partial charge in [-0.15, -0.1) is 0 Å². The van der Waals surface area contributed by atoms with Crippen LogP contribution in [0.2, 0.25) is 0 Å². The van der Waals surface area contributed by atoms with Crippen molar-refractivity contribution >= 4 is 27.3 Å². The fraction of sp³-hybridized carbons (Fsp3) is 0.594. The first-order valence-electron chi connectivity index (χ1n) is 14.4. The van der Waals surface area contributed by atoms with Crippen LogP contribution in [0.3, 0.4) is 0 Å². The van der Waals surface area contributed by atoms with Gasteiger partial charge in [0, 0.05) is 22.5 Å². The number of benzene rings is 1. The van der Waals surface area contributed by atoms with Crippen molar-refractivity contribution in [3.8, 4) is 0 Å². The second-order valence-corrected chi connectivity index (χ2v) is 13.9. The van der Waals surface area contributed by atoms with Crippen LogP contribution in [0, 0.1) is 34.5 Å². The van der Waals surface area contributed by atoms with E-state index in [1.165, 1.54) is 37.8 Å². The van der Waals surface area contributed by atoms with Gasteiger partial charge in [-0.2, -0.15) is 5.10 Å². The van der Waals surface area contributed by atoms with Crippen molar-refractivity contribution in [3.05, 3.63) is 64.5 Å². The summed E-state index contributed by atoms with van der Waals surface area (Å²) in [4.78, 5) is 0. The lowest BCUT2D eigenvalue weighted by Crippen LogP contribution is -2.51. The van der Waals surface area contributed by atoms with Crippen molar-refractivity contribution in [2.75, 3.05) is 5.01 Å². The number of nitrogens with zero attached hydrogens (tertiary/aromatic N) is 2. The van der Waals surface area contributed by atoms with Gasteiger partial charge in [-0.3, -0.25) is 5.01 Å². The standard InChI is InChI=1S/C32H39BrN2O2/c1-31-15-13-23(36)18-20(31)5-10-24-25-11-12-27(32(25,2)16-14-26(24)31)28-19-29(30-4-3-17-37-30)35(34-28)22-8-6-21(33)7-9-22/h3-9,17,23-27,29,36H,10-16,18-19H2,1-2H3/t23-,24-,25-,26-,27+,29?,31-,32-/m0/s1. The summed E-state index contributed by atoms with van der Waals surface area (Å²) in [6.45, 7) is 5.13. The van der Waals surface area contributed by atoms with Gasteiger partial charge in [0.15, 0.2) is 0 Å². The maximum atomic E-state index is 10.3. The summed E-state index contributed by atoms with van der Waals surface area (Å²) < 4.78 is 7.01. The van der Waals surface area contributed by atoms with Crippen molar-refractivity contribution in [1.82, 2.24) is 0 Å². The zero-order chi connectivity index (χ0) is 25.4. The molecule has 0 bridgehead atoms. The second kappa shape index (κ2) is 8.84. The average molecular weight is 564 g/mol. The van der Waals surface area contributed by atoms with E-state index < -0.39 is 0 Å². The number of aliphatic hydroxyl groups excluding tert-OH is 1. The molecule has 0 spiro atoms. The quantitative estimate of drug-likeness (QED) is 0.382. The molecule has 4 aliphatic carbocycles. The van der Waals surface area contributed by atoms with Crippen LogP contribution >= 0.6 is 15.9 Å². The fourth-order valence-electron chi connectivity index (χ4n) is 9.47. The highest BCUT2D eigenvalue weighted by atomic mass is 79.9. The molecule has 1 aromatic carbocycles. The number of hydrogen-bond acceptors (Lipinski definition) is 4. The number of hydrazone groups is 1. The number of rotatable bonds is 3. The SMILES string of the molecule is C[C@]12CC[C@H]3[C@@H](CC=C4C[C@@H](O)CC[C@@]43C)[C@@H]1CC[C@@H]2C1=NN(c2ccc(Br)cc2)C(c2ccco2)C1. The van der Waals surface area contributed by atoms with Crippen LogP contribution in [0.5, 0.6) is 0 Å². The maximum Gasteiger partial charge on any atom is 0.128 e. The molecule has 0 saturated heterocycles. The van der Waals surface area contributed by atoms with E-state index in [1.807, 2.05) is 6.07 Å². The summed E-state index contributed by atoms with van der Waals surface area (Å²) >= 11 is 3.59. The van der Waals surface area contributed by atoms with Crippen LogP contribution < -0.4 is 5.01 Å². The van der Waals surface area contributed by atoms with E-state index in [9.17, 15) is 5.11 Å². The van der Waals surface area contributed by atoms with E-state index in [-0.39, 0.29) is 12.1 Å². The van der Waals surface area contributed by atoms with Crippen LogP contribution in [-0.4, -0.2) is 16.9 Å². The number of halogens is 1. The van der Waals surface area contributed by atoms with Gasteiger partial charge in [-0.1, -0.05) is 41.4 Å². The molecule has 8 atom stereocenters. The number of furan rings is 1. The third kappa shape index (κ3) is 3.74.